The fraction of sp³-hybridized carbons (Fsp3) is 0.105. The predicted octanol–water partition coefficient (Wildman–Crippen LogP) is 5.14. The molecule has 0 atom stereocenters. The van der Waals surface area contributed by atoms with Gasteiger partial charge in [0.05, 0.1) is 12.1 Å². The summed E-state index contributed by atoms with van der Waals surface area (Å²) in [7, 11) is 1.55. The number of aromatic nitrogens is 1. The van der Waals surface area contributed by atoms with E-state index in [0.717, 1.165) is 17.5 Å². The Morgan fingerprint density at radius 1 is 1.04 bits per heavy atom. The van der Waals surface area contributed by atoms with Gasteiger partial charge in [-0.25, -0.2) is 9.37 Å². The van der Waals surface area contributed by atoms with E-state index in [0.29, 0.717) is 11.4 Å². The van der Waals surface area contributed by atoms with E-state index in [1.165, 1.54) is 17.7 Å². The molecule has 3 rings (SSSR count). The molecule has 0 radical (unpaired) electrons. The lowest BCUT2D eigenvalue weighted by Gasteiger charge is -2.11. The standard InChI is InChI=1S/C19H15ClFNO/c1-23-19-16(15-7-8-17(20)18(21)11-15)10-14(12-22-19)9-13-5-3-2-4-6-13/h2-8,10-12H,9H2,1H3. The number of hydrogen-bond donors (Lipinski definition) is 0. The first kappa shape index (κ1) is 15.5. The molecule has 4 heteroatoms. The van der Waals surface area contributed by atoms with Gasteiger partial charge in [0, 0.05) is 11.8 Å². The number of hydrogen-bond acceptors (Lipinski definition) is 2. The summed E-state index contributed by atoms with van der Waals surface area (Å²) < 4.78 is 19.1. The molecule has 0 aliphatic rings. The van der Waals surface area contributed by atoms with E-state index in [4.69, 9.17) is 16.3 Å². The van der Waals surface area contributed by atoms with E-state index in [-0.39, 0.29) is 5.02 Å². The zero-order chi connectivity index (χ0) is 16.2. The highest BCUT2D eigenvalue weighted by Crippen LogP contribution is 2.31. The zero-order valence-electron chi connectivity index (χ0n) is 12.6. The summed E-state index contributed by atoms with van der Waals surface area (Å²) in [5.41, 5.74) is 3.65. The Balaban J connectivity index is 2.00. The average molecular weight is 328 g/mol. The van der Waals surface area contributed by atoms with Crippen LogP contribution in [0, 0.1) is 5.82 Å². The van der Waals surface area contributed by atoms with Gasteiger partial charge in [-0.15, -0.1) is 0 Å². The fourth-order valence-corrected chi connectivity index (χ4v) is 2.57. The molecule has 116 valence electrons. The number of rotatable bonds is 4. The SMILES string of the molecule is COc1ncc(Cc2ccccc2)cc1-c1ccc(Cl)c(F)c1. The summed E-state index contributed by atoms with van der Waals surface area (Å²) in [6, 6.07) is 16.8. The van der Waals surface area contributed by atoms with Crippen LogP contribution < -0.4 is 4.74 Å². The molecule has 0 aliphatic heterocycles. The van der Waals surface area contributed by atoms with Gasteiger partial charge in [-0.2, -0.15) is 0 Å². The summed E-state index contributed by atoms with van der Waals surface area (Å²) in [6.45, 7) is 0. The topological polar surface area (TPSA) is 22.1 Å². The van der Waals surface area contributed by atoms with Gasteiger partial charge in [-0.05, 0) is 41.3 Å². The van der Waals surface area contributed by atoms with Gasteiger partial charge < -0.3 is 4.74 Å². The predicted molar refractivity (Wildman–Crippen MR) is 90.4 cm³/mol. The van der Waals surface area contributed by atoms with Crippen molar-refractivity contribution in [2.75, 3.05) is 7.11 Å². The Bertz CT molecular complexity index is 821. The molecule has 1 aromatic heterocycles. The molecule has 0 saturated carbocycles. The second-order valence-electron chi connectivity index (χ2n) is 5.19. The Morgan fingerprint density at radius 3 is 2.52 bits per heavy atom. The van der Waals surface area contributed by atoms with Gasteiger partial charge >= 0.3 is 0 Å². The van der Waals surface area contributed by atoms with Crippen molar-refractivity contribution in [3.05, 3.63) is 82.8 Å². The Morgan fingerprint density at radius 2 is 1.83 bits per heavy atom. The van der Waals surface area contributed by atoms with Crippen LogP contribution in [0.2, 0.25) is 5.02 Å². The first-order valence-corrected chi connectivity index (χ1v) is 7.57. The Labute approximate surface area is 139 Å². The molecule has 0 unspecified atom stereocenters. The lowest BCUT2D eigenvalue weighted by Crippen LogP contribution is -1.96. The molecule has 23 heavy (non-hydrogen) atoms. The van der Waals surface area contributed by atoms with Crippen LogP contribution in [0.3, 0.4) is 0 Å². The maximum absolute atomic E-state index is 13.8. The molecular formula is C19H15ClFNO. The van der Waals surface area contributed by atoms with Crippen molar-refractivity contribution in [2.24, 2.45) is 0 Å². The molecule has 0 spiro atoms. The van der Waals surface area contributed by atoms with Crippen molar-refractivity contribution >= 4 is 11.6 Å². The second kappa shape index (κ2) is 6.80. The summed E-state index contributed by atoms with van der Waals surface area (Å²) in [5, 5.41) is 0.0983. The second-order valence-corrected chi connectivity index (χ2v) is 5.60. The molecule has 0 N–H and O–H groups in total. The monoisotopic (exact) mass is 327 g/mol. The summed E-state index contributed by atoms with van der Waals surface area (Å²) in [5.74, 6) is 0.00298. The highest BCUT2D eigenvalue weighted by Gasteiger charge is 2.11. The average Bonchev–Trinajstić information content (AvgIpc) is 2.58. The van der Waals surface area contributed by atoms with Crippen LogP contribution in [0.1, 0.15) is 11.1 Å². The quantitative estimate of drug-likeness (QED) is 0.662. The lowest BCUT2D eigenvalue weighted by molar-refractivity contribution is 0.399. The number of halogens is 2. The normalized spacial score (nSPS) is 10.6. The molecule has 2 nitrogen and oxygen atoms in total. The van der Waals surface area contributed by atoms with E-state index < -0.39 is 5.82 Å². The smallest absolute Gasteiger partial charge is 0.221 e. The van der Waals surface area contributed by atoms with E-state index in [9.17, 15) is 4.39 Å². The molecule has 0 bridgehead atoms. The van der Waals surface area contributed by atoms with Crippen LogP contribution in [0.5, 0.6) is 5.88 Å². The molecule has 0 fully saturated rings. The van der Waals surface area contributed by atoms with Crippen molar-refractivity contribution in [3.8, 4) is 17.0 Å². The zero-order valence-corrected chi connectivity index (χ0v) is 13.3. The van der Waals surface area contributed by atoms with Gasteiger partial charge in [0.15, 0.2) is 0 Å². The van der Waals surface area contributed by atoms with Crippen LogP contribution >= 0.6 is 11.6 Å². The summed E-state index contributed by atoms with van der Waals surface area (Å²) in [6.07, 6.45) is 2.53. The minimum absolute atomic E-state index is 0.0983. The third-order valence-electron chi connectivity index (χ3n) is 3.58. The van der Waals surface area contributed by atoms with Crippen molar-refractivity contribution < 1.29 is 9.13 Å². The van der Waals surface area contributed by atoms with Crippen LogP contribution in [-0.4, -0.2) is 12.1 Å². The minimum Gasteiger partial charge on any atom is -0.481 e. The molecule has 1 heterocycles. The number of methoxy groups -OCH3 is 1. The van der Waals surface area contributed by atoms with Crippen LogP contribution in [0.25, 0.3) is 11.1 Å². The van der Waals surface area contributed by atoms with E-state index in [1.54, 1.807) is 19.4 Å². The van der Waals surface area contributed by atoms with Gasteiger partial charge in [0.2, 0.25) is 5.88 Å². The largest absolute Gasteiger partial charge is 0.481 e. The van der Waals surface area contributed by atoms with Crippen LogP contribution in [0.4, 0.5) is 4.39 Å². The first-order chi connectivity index (χ1) is 11.2. The molecular weight excluding hydrogens is 313 g/mol. The molecule has 2 aromatic carbocycles. The number of ether oxygens (including phenoxy) is 1. The number of pyridine rings is 1. The van der Waals surface area contributed by atoms with Crippen LogP contribution in [-0.2, 0) is 6.42 Å². The molecule has 0 amide bonds. The van der Waals surface area contributed by atoms with E-state index in [1.807, 2.05) is 24.3 Å². The van der Waals surface area contributed by atoms with Crippen molar-refractivity contribution in [2.45, 2.75) is 6.42 Å². The number of benzene rings is 2. The van der Waals surface area contributed by atoms with Gasteiger partial charge in [0.25, 0.3) is 0 Å². The third-order valence-corrected chi connectivity index (χ3v) is 3.89. The molecule has 3 aromatic rings. The highest BCUT2D eigenvalue weighted by atomic mass is 35.5. The van der Waals surface area contributed by atoms with Gasteiger partial charge in [-0.1, -0.05) is 48.0 Å². The van der Waals surface area contributed by atoms with Gasteiger partial charge in [0.1, 0.15) is 5.82 Å². The fourth-order valence-electron chi connectivity index (χ4n) is 2.46. The first-order valence-electron chi connectivity index (χ1n) is 7.19. The Kier molecular flexibility index (Phi) is 4.58. The maximum atomic E-state index is 13.8. The van der Waals surface area contributed by atoms with E-state index >= 15 is 0 Å². The Hall–Kier alpha value is -2.39. The highest BCUT2D eigenvalue weighted by molar-refractivity contribution is 6.30. The third kappa shape index (κ3) is 3.51. The summed E-state index contributed by atoms with van der Waals surface area (Å²) >= 11 is 5.76. The maximum Gasteiger partial charge on any atom is 0.221 e. The van der Waals surface area contributed by atoms with Crippen molar-refractivity contribution in [3.63, 3.8) is 0 Å². The molecule has 0 aliphatic carbocycles. The molecule has 0 saturated heterocycles. The lowest BCUT2D eigenvalue weighted by atomic mass is 10.0. The minimum atomic E-state index is -0.459. The van der Waals surface area contributed by atoms with Crippen LogP contribution in [0.15, 0.2) is 60.8 Å². The van der Waals surface area contributed by atoms with Crippen molar-refractivity contribution in [1.82, 2.24) is 4.98 Å². The number of nitrogens with zero attached hydrogens (tertiary/aromatic N) is 1. The van der Waals surface area contributed by atoms with E-state index in [2.05, 4.69) is 17.1 Å². The summed E-state index contributed by atoms with van der Waals surface area (Å²) in [4.78, 5) is 4.34. The van der Waals surface area contributed by atoms with Crippen molar-refractivity contribution in [1.29, 1.82) is 0 Å². The van der Waals surface area contributed by atoms with Gasteiger partial charge in [-0.3, -0.25) is 0 Å².